The average molecular weight is 537 g/mol. The number of hydrogen-bond donors (Lipinski definition) is 3. The number of fused-ring (bicyclic) bond motifs is 2. The number of anilines is 3. The van der Waals surface area contributed by atoms with Crippen molar-refractivity contribution in [3.63, 3.8) is 0 Å². The van der Waals surface area contributed by atoms with Gasteiger partial charge in [-0.15, -0.1) is 0 Å². The number of amides is 1. The molecular weight excluding hydrogens is 507 g/mol. The molecular formula is C31H29FN6O2. The molecule has 2 heterocycles. The van der Waals surface area contributed by atoms with Crippen LogP contribution < -0.4 is 16.0 Å². The predicted octanol–water partition coefficient (Wildman–Crippen LogP) is 5.57. The third-order valence-electron chi connectivity index (χ3n) is 7.12. The average Bonchev–Trinajstić information content (AvgIpc) is 2.95. The number of aliphatic hydroxyl groups excluding tert-OH is 1. The highest BCUT2D eigenvalue weighted by molar-refractivity contribution is 5.88. The highest BCUT2D eigenvalue weighted by Gasteiger charge is 2.20. The Morgan fingerprint density at radius 1 is 1.02 bits per heavy atom. The smallest absolute Gasteiger partial charge is 0.222 e. The van der Waals surface area contributed by atoms with Gasteiger partial charge in [0.1, 0.15) is 11.6 Å². The van der Waals surface area contributed by atoms with Gasteiger partial charge in [-0.05, 0) is 86.3 Å². The number of pyridine rings is 1. The summed E-state index contributed by atoms with van der Waals surface area (Å²) in [4.78, 5) is 25.8. The van der Waals surface area contributed by atoms with Crippen LogP contribution in [0.2, 0.25) is 0 Å². The number of benzene rings is 3. The number of rotatable bonds is 5. The van der Waals surface area contributed by atoms with Crippen LogP contribution in [-0.2, 0) is 4.79 Å². The van der Waals surface area contributed by atoms with E-state index in [-0.39, 0.29) is 23.9 Å². The second kappa shape index (κ2) is 10.9. The lowest BCUT2D eigenvalue weighted by atomic mass is 9.93. The van der Waals surface area contributed by atoms with Crippen molar-refractivity contribution < 1.29 is 14.3 Å². The molecule has 1 amide bonds. The Labute approximate surface area is 230 Å². The first-order valence-corrected chi connectivity index (χ1v) is 13.4. The lowest BCUT2D eigenvalue weighted by molar-refractivity contribution is -0.114. The highest BCUT2D eigenvalue weighted by Crippen LogP contribution is 2.31. The standard InChI is InChI=1S/C31H29FN6O2/c1-19(39)34-31-15-10-22(18-33-31)36-26-16-28-30(17-27(26)35-21-8-13-24(40)14-9-21)38(23-11-6-20(32)7-12-23)29-5-3-2-4-25(29)37-28/h2-7,10-12,15-18,21,24,36,40H,8-9,13-14H2,1H3,(H,33,34,39). The third kappa shape index (κ3) is 5.41. The minimum atomic E-state index is -0.299. The summed E-state index contributed by atoms with van der Waals surface area (Å²) < 4.78 is 15.9. The first-order chi connectivity index (χ1) is 19.4. The van der Waals surface area contributed by atoms with E-state index in [1.807, 2.05) is 42.5 Å². The van der Waals surface area contributed by atoms with E-state index in [1.54, 1.807) is 24.4 Å². The lowest BCUT2D eigenvalue weighted by Crippen LogP contribution is -2.24. The van der Waals surface area contributed by atoms with E-state index in [9.17, 15) is 14.3 Å². The quantitative estimate of drug-likeness (QED) is 0.255. The molecule has 3 N–H and O–H groups in total. The van der Waals surface area contributed by atoms with Gasteiger partial charge in [0, 0.05) is 12.6 Å². The third-order valence-corrected chi connectivity index (χ3v) is 7.12. The molecule has 2 aliphatic carbocycles. The van der Waals surface area contributed by atoms with E-state index in [0.29, 0.717) is 5.82 Å². The molecule has 0 spiro atoms. The number of para-hydroxylation sites is 2. The number of carbonyl (C=O) groups is 1. The number of carbonyl (C=O) groups excluding carboxylic acids is 1. The maximum absolute atomic E-state index is 13.8. The van der Waals surface area contributed by atoms with Crippen LogP contribution in [0.5, 0.6) is 0 Å². The number of halogens is 1. The first-order valence-electron chi connectivity index (χ1n) is 13.4. The zero-order valence-corrected chi connectivity index (χ0v) is 22.0. The van der Waals surface area contributed by atoms with Gasteiger partial charge in [-0.2, -0.15) is 0 Å². The first kappa shape index (κ1) is 25.6. The summed E-state index contributed by atoms with van der Waals surface area (Å²) in [6.07, 6.45) is 4.44. The van der Waals surface area contributed by atoms with E-state index in [2.05, 4.69) is 20.2 Å². The summed E-state index contributed by atoms with van der Waals surface area (Å²) in [5, 5.41) is 16.9. The van der Waals surface area contributed by atoms with Crippen LogP contribution in [0.4, 0.5) is 21.6 Å². The lowest BCUT2D eigenvalue weighted by Gasteiger charge is -2.23. The highest BCUT2D eigenvalue weighted by atomic mass is 19.1. The monoisotopic (exact) mass is 536 g/mol. The Hall–Kier alpha value is -4.63. The van der Waals surface area contributed by atoms with Crippen LogP contribution in [0.1, 0.15) is 32.6 Å². The SMILES string of the molecule is CC(=O)Nc1ccc(Nc2cc3nc4ccccc4n(-c4ccc(F)cc4)c-3cc2=NC2CCC(O)CC2)cn1. The minimum Gasteiger partial charge on any atom is -0.393 e. The largest absolute Gasteiger partial charge is 0.393 e. The van der Waals surface area contributed by atoms with Gasteiger partial charge in [0.2, 0.25) is 5.91 Å². The molecule has 6 rings (SSSR count). The van der Waals surface area contributed by atoms with Crippen LogP contribution in [0.15, 0.2) is 84.0 Å². The zero-order valence-electron chi connectivity index (χ0n) is 22.0. The van der Waals surface area contributed by atoms with E-state index in [0.717, 1.165) is 70.5 Å². The number of nitrogens with zero attached hydrogens (tertiary/aromatic N) is 4. The van der Waals surface area contributed by atoms with Crippen LogP contribution in [-0.4, -0.2) is 37.7 Å². The Morgan fingerprint density at radius 3 is 2.52 bits per heavy atom. The molecule has 0 saturated heterocycles. The van der Waals surface area contributed by atoms with Crippen LogP contribution in [0.3, 0.4) is 0 Å². The normalized spacial score (nSPS) is 17.7. The molecule has 1 aliphatic heterocycles. The molecule has 0 radical (unpaired) electrons. The van der Waals surface area contributed by atoms with Crippen molar-refractivity contribution in [2.75, 3.05) is 10.6 Å². The Morgan fingerprint density at radius 2 is 1.80 bits per heavy atom. The Bertz CT molecular complexity index is 1710. The van der Waals surface area contributed by atoms with E-state index in [1.165, 1.54) is 19.1 Å². The minimum absolute atomic E-state index is 0.0781. The van der Waals surface area contributed by atoms with Gasteiger partial charge in [0.15, 0.2) is 0 Å². The van der Waals surface area contributed by atoms with Gasteiger partial charge in [-0.3, -0.25) is 9.79 Å². The van der Waals surface area contributed by atoms with Crippen molar-refractivity contribution in [3.8, 4) is 17.1 Å². The van der Waals surface area contributed by atoms with Gasteiger partial charge >= 0.3 is 0 Å². The Balaban J connectivity index is 1.53. The van der Waals surface area contributed by atoms with Crippen molar-refractivity contribution >= 4 is 34.1 Å². The number of aromatic nitrogens is 3. The summed E-state index contributed by atoms with van der Waals surface area (Å²) in [7, 11) is 0. The topological polar surface area (TPSA) is 104 Å². The molecule has 9 heteroatoms. The van der Waals surface area contributed by atoms with E-state index < -0.39 is 0 Å². The van der Waals surface area contributed by atoms with Gasteiger partial charge in [0.25, 0.3) is 0 Å². The van der Waals surface area contributed by atoms with Gasteiger partial charge in [-0.1, -0.05) is 12.1 Å². The van der Waals surface area contributed by atoms with Crippen LogP contribution >= 0.6 is 0 Å². The molecule has 0 bridgehead atoms. The van der Waals surface area contributed by atoms with E-state index >= 15 is 0 Å². The maximum Gasteiger partial charge on any atom is 0.222 e. The molecule has 202 valence electrons. The molecule has 0 atom stereocenters. The van der Waals surface area contributed by atoms with Crippen molar-refractivity contribution in [3.05, 3.63) is 90.2 Å². The number of aliphatic hydroxyl groups is 1. The number of hydrogen-bond acceptors (Lipinski definition) is 6. The second-order valence-electron chi connectivity index (χ2n) is 10.1. The molecule has 2 aromatic carbocycles. The maximum atomic E-state index is 13.8. The van der Waals surface area contributed by atoms with Gasteiger partial charge in [-0.25, -0.2) is 14.4 Å². The fourth-order valence-electron chi connectivity index (χ4n) is 5.18. The summed E-state index contributed by atoms with van der Waals surface area (Å²) in [5.74, 6) is -0.0169. The van der Waals surface area contributed by atoms with Crippen molar-refractivity contribution in [1.82, 2.24) is 14.5 Å². The fraction of sp³-hybridized carbons (Fsp3) is 0.226. The molecule has 1 fully saturated rings. The summed E-state index contributed by atoms with van der Waals surface area (Å²) >= 11 is 0. The van der Waals surface area contributed by atoms with Crippen LogP contribution in [0.25, 0.3) is 28.1 Å². The van der Waals surface area contributed by atoms with E-state index in [4.69, 9.17) is 9.98 Å². The molecule has 3 aromatic rings. The summed E-state index contributed by atoms with van der Waals surface area (Å²) in [6, 6.07) is 21.9. The molecule has 3 aliphatic rings. The Kier molecular flexibility index (Phi) is 6.96. The molecule has 8 nitrogen and oxygen atoms in total. The summed E-state index contributed by atoms with van der Waals surface area (Å²) in [6.45, 7) is 1.44. The molecule has 0 unspecified atom stereocenters. The van der Waals surface area contributed by atoms with Crippen LogP contribution in [0, 0.1) is 5.82 Å². The number of nitrogens with one attached hydrogen (secondary N) is 2. The summed E-state index contributed by atoms with van der Waals surface area (Å²) in [5.41, 5.74) is 5.59. The van der Waals surface area contributed by atoms with Crippen molar-refractivity contribution in [2.24, 2.45) is 4.99 Å². The zero-order chi connectivity index (χ0) is 27.6. The van der Waals surface area contributed by atoms with Gasteiger partial charge in [0.05, 0.1) is 57.5 Å². The second-order valence-corrected chi connectivity index (χ2v) is 10.1. The molecule has 1 saturated carbocycles. The fourth-order valence-corrected chi connectivity index (χ4v) is 5.18. The van der Waals surface area contributed by atoms with Crippen molar-refractivity contribution in [2.45, 2.75) is 44.8 Å². The molecule has 40 heavy (non-hydrogen) atoms. The van der Waals surface area contributed by atoms with Gasteiger partial charge < -0.3 is 20.3 Å². The van der Waals surface area contributed by atoms with Crippen molar-refractivity contribution in [1.29, 1.82) is 0 Å². The molecule has 1 aromatic heterocycles. The predicted molar refractivity (Wildman–Crippen MR) is 153 cm³/mol.